The van der Waals surface area contributed by atoms with Crippen molar-refractivity contribution in [2.75, 3.05) is 0 Å². The number of hydrogen-bond acceptors (Lipinski definition) is 0. The van der Waals surface area contributed by atoms with Gasteiger partial charge in [0.25, 0.3) is 0 Å². The Morgan fingerprint density at radius 2 is 1.20 bits per heavy atom. The van der Waals surface area contributed by atoms with Gasteiger partial charge in [0, 0.05) is 16.2 Å². The van der Waals surface area contributed by atoms with E-state index in [1.807, 2.05) is 0 Å². The molecule has 0 heteroatoms. The lowest BCUT2D eigenvalue weighted by Gasteiger charge is -2.68. The molecular formula is C50H58. The highest BCUT2D eigenvalue weighted by Gasteiger charge is 2.70. The van der Waals surface area contributed by atoms with Crippen LogP contribution in [-0.2, 0) is 16.2 Å². The van der Waals surface area contributed by atoms with Crippen molar-refractivity contribution in [1.29, 1.82) is 0 Å². The van der Waals surface area contributed by atoms with Gasteiger partial charge in [-0.15, -0.1) is 0 Å². The van der Waals surface area contributed by atoms with E-state index in [4.69, 9.17) is 0 Å². The van der Waals surface area contributed by atoms with Crippen molar-refractivity contribution in [3.05, 3.63) is 106 Å². The maximum atomic E-state index is 2.74. The Hall–Kier alpha value is -3.12. The van der Waals surface area contributed by atoms with E-state index < -0.39 is 0 Å². The predicted molar refractivity (Wildman–Crippen MR) is 213 cm³/mol. The summed E-state index contributed by atoms with van der Waals surface area (Å²) in [4.78, 5) is 0. The summed E-state index contributed by atoms with van der Waals surface area (Å²) in [7, 11) is 0. The molecule has 50 heavy (non-hydrogen) atoms. The third kappa shape index (κ3) is 3.80. The molecule has 3 fully saturated rings. The maximum absolute atomic E-state index is 2.74. The molecule has 4 aromatic rings. The maximum Gasteiger partial charge on any atom is 0.0288 e. The number of rotatable bonds is 3. The van der Waals surface area contributed by atoms with E-state index in [9.17, 15) is 0 Å². The van der Waals surface area contributed by atoms with E-state index in [1.165, 1.54) is 86.3 Å². The summed E-state index contributed by atoms with van der Waals surface area (Å²) in [5.41, 5.74) is 17.5. The highest BCUT2D eigenvalue weighted by molar-refractivity contribution is 6.12. The topological polar surface area (TPSA) is 0 Å². The first-order chi connectivity index (χ1) is 24.1. The van der Waals surface area contributed by atoms with E-state index in [-0.39, 0.29) is 16.2 Å². The van der Waals surface area contributed by atoms with Crippen LogP contribution in [0, 0.1) is 42.4 Å². The summed E-state index contributed by atoms with van der Waals surface area (Å²) >= 11 is 0. The Balaban J connectivity index is 1.31. The minimum Gasteiger partial charge on any atom is -0.0625 e. The SMILES string of the molecule is Cc1ccc2c3c(ccc2c1)-c1c(ccc2c1C(C)(C)C1=C2C(C)(C)c2ccccc21)C31C(C2CCCCC2)C(C(C)C)C1C1CCCCC1. The summed E-state index contributed by atoms with van der Waals surface area (Å²) in [5, 5.41) is 3.02. The van der Waals surface area contributed by atoms with Crippen LogP contribution >= 0.6 is 0 Å². The average Bonchev–Trinajstić information content (AvgIpc) is 3.65. The van der Waals surface area contributed by atoms with Crippen molar-refractivity contribution in [2.45, 2.75) is 129 Å². The van der Waals surface area contributed by atoms with Crippen LogP contribution in [0.5, 0.6) is 0 Å². The Morgan fingerprint density at radius 1 is 0.580 bits per heavy atom. The molecule has 3 saturated carbocycles. The van der Waals surface area contributed by atoms with Gasteiger partial charge in [-0.1, -0.05) is 178 Å². The molecule has 0 amide bonds. The lowest BCUT2D eigenvalue weighted by molar-refractivity contribution is -0.130. The van der Waals surface area contributed by atoms with E-state index in [1.54, 1.807) is 49.9 Å². The number of hydrogen-bond donors (Lipinski definition) is 0. The molecule has 10 rings (SSSR count). The normalized spacial score (nSPS) is 29.2. The van der Waals surface area contributed by atoms with Crippen molar-refractivity contribution >= 4 is 21.9 Å². The van der Waals surface area contributed by atoms with E-state index in [0.29, 0.717) is 0 Å². The summed E-state index contributed by atoms with van der Waals surface area (Å²) in [5.74, 6) is 4.62. The lowest BCUT2D eigenvalue weighted by Crippen LogP contribution is -2.66. The van der Waals surface area contributed by atoms with Crippen molar-refractivity contribution in [3.63, 3.8) is 0 Å². The van der Waals surface area contributed by atoms with Crippen molar-refractivity contribution in [2.24, 2.45) is 35.5 Å². The third-order valence-electron chi connectivity index (χ3n) is 15.7. The quantitative estimate of drug-likeness (QED) is 0.205. The van der Waals surface area contributed by atoms with Crippen LogP contribution in [0.25, 0.3) is 33.0 Å². The molecule has 6 aliphatic rings. The molecular weight excluding hydrogens is 601 g/mol. The summed E-state index contributed by atoms with van der Waals surface area (Å²) in [6.45, 7) is 17.6. The van der Waals surface area contributed by atoms with Gasteiger partial charge >= 0.3 is 0 Å². The standard InChI is InChI=1S/C50H58/c1-29(2)40-42(31-16-10-8-11-17-31)50(43(40)32-18-12-9-13-19-32)39-27-26-37-45(41(39)36-25-23-33-28-30(3)22-24-34(33)44(36)50)49(6,7)46-35-20-14-15-21-38(35)48(4,5)47(37)46/h14-15,20-29,31-32,40,42-43H,8-13,16-19H2,1-7H3. The molecule has 0 aromatic heterocycles. The number of fused-ring (bicyclic) bond motifs is 12. The van der Waals surface area contributed by atoms with Crippen LogP contribution in [-0.4, -0.2) is 0 Å². The predicted octanol–water partition coefficient (Wildman–Crippen LogP) is 13.6. The molecule has 6 aliphatic carbocycles. The molecule has 0 heterocycles. The molecule has 4 aromatic carbocycles. The van der Waals surface area contributed by atoms with Gasteiger partial charge < -0.3 is 0 Å². The molecule has 2 unspecified atom stereocenters. The Bertz CT molecular complexity index is 2060. The molecule has 0 saturated heterocycles. The van der Waals surface area contributed by atoms with Gasteiger partial charge in [-0.2, -0.15) is 0 Å². The lowest BCUT2D eigenvalue weighted by atomic mass is 9.35. The third-order valence-corrected chi connectivity index (χ3v) is 15.7. The van der Waals surface area contributed by atoms with Gasteiger partial charge in [0.15, 0.2) is 0 Å². The van der Waals surface area contributed by atoms with Gasteiger partial charge in [-0.05, 0) is 109 Å². The molecule has 0 bridgehead atoms. The zero-order valence-corrected chi connectivity index (χ0v) is 31.9. The first-order valence-corrected chi connectivity index (χ1v) is 20.7. The second kappa shape index (κ2) is 10.7. The molecule has 0 aliphatic heterocycles. The van der Waals surface area contributed by atoms with Crippen molar-refractivity contribution in [1.82, 2.24) is 0 Å². The zero-order chi connectivity index (χ0) is 34.3. The fourth-order valence-corrected chi connectivity index (χ4v) is 14.2. The number of aryl methyl sites for hydroxylation is 1. The van der Waals surface area contributed by atoms with E-state index in [0.717, 1.165) is 35.5 Å². The van der Waals surface area contributed by atoms with Gasteiger partial charge in [0.05, 0.1) is 0 Å². The minimum atomic E-state index is -0.0627. The summed E-state index contributed by atoms with van der Waals surface area (Å²) in [6.07, 6.45) is 14.3. The van der Waals surface area contributed by atoms with E-state index in [2.05, 4.69) is 115 Å². The van der Waals surface area contributed by atoms with Crippen LogP contribution in [0.2, 0.25) is 0 Å². The van der Waals surface area contributed by atoms with Crippen LogP contribution in [0.4, 0.5) is 0 Å². The Kier molecular flexibility index (Phi) is 6.77. The second-order valence-electron chi connectivity index (χ2n) is 19.2. The first-order valence-electron chi connectivity index (χ1n) is 20.7. The van der Waals surface area contributed by atoms with Gasteiger partial charge in [0.2, 0.25) is 0 Å². The summed E-state index contributed by atoms with van der Waals surface area (Å²) in [6, 6.07) is 27.3. The van der Waals surface area contributed by atoms with Crippen molar-refractivity contribution < 1.29 is 0 Å². The zero-order valence-electron chi connectivity index (χ0n) is 31.9. The van der Waals surface area contributed by atoms with Crippen LogP contribution in [0.15, 0.2) is 66.7 Å². The average molecular weight is 659 g/mol. The highest BCUT2D eigenvalue weighted by atomic mass is 14.7. The smallest absolute Gasteiger partial charge is 0.0288 e. The molecule has 2 atom stereocenters. The van der Waals surface area contributed by atoms with Gasteiger partial charge in [0.1, 0.15) is 0 Å². The van der Waals surface area contributed by atoms with Crippen LogP contribution in [0.3, 0.4) is 0 Å². The number of allylic oxidation sites excluding steroid dienone is 2. The fourth-order valence-electron chi connectivity index (χ4n) is 14.2. The monoisotopic (exact) mass is 658 g/mol. The minimum absolute atomic E-state index is 0.00279. The largest absolute Gasteiger partial charge is 0.0625 e. The second-order valence-corrected chi connectivity index (χ2v) is 19.2. The molecule has 0 nitrogen and oxygen atoms in total. The molecule has 0 radical (unpaired) electrons. The molecule has 1 spiro atoms. The van der Waals surface area contributed by atoms with Gasteiger partial charge in [-0.25, -0.2) is 0 Å². The highest BCUT2D eigenvalue weighted by Crippen LogP contribution is 2.76. The van der Waals surface area contributed by atoms with E-state index >= 15 is 0 Å². The first kappa shape index (κ1) is 31.6. The van der Waals surface area contributed by atoms with Gasteiger partial charge in [-0.3, -0.25) is 0 Å². The Labute approximate surface area is 302 Å². The Morgan fingerprint density at radius 3 is 1.86 bits per heavy atom. The van der Waals surface area contributed by atoms with Crippen molar-refractivity contribution in [3.8, 4) is 11.1 Å². The van der Waals surface area contributed by atoms with Crippen LogP contribution < -0.4 is 0 Å². The molecule has 0 N–H and O–H groups in total. The fraction of sp³-hybridized carbons (Fsp3) is 0.520. The summed E-state index contributed by atoms with van der Waals surface area (Å²) < 4.78 is 0. The number of benzene rings is 4. The molecule has 258 valence electrons. The van der Waals surface area contributed by atoms with Crippen LogP contribution in [0.1, 0.15) is 145 Å².